The van der Waals surface area contributed by atoms with Gasteiger partial charge in [0, 0.05) is 3.57 Å². The fourth-order valence-corrected chi connectivity index (χ4v) is 1.80. The minimum absolute atomic E-state index is 0.269. The van der Waals surface area contributed by atoms with Crippen molar-refractivity contribution in [2.45, 2.75) is 25.9 Å². The Morgan fingerprint density at radius 2 is 1.94 bits per heavy atom. The predicted octanol–water partition coefficient (Wildman–Crippen LogP) is 2.45. The summed E-state index contributed by atoms with van der Waals surface area (Å²) in [4.78, 5) is 11.7. The molecule has 1 N–H and O–H groups in total. The third kappa shape index (κ3) is 2.74. The van der Waals surface area contributed by atoms with Crippen molar-refractivity contribution < 1.29 is 14.6 Å². The number of hydrogen-bond donors (Lipinski definition) is 1. The van der Waals surface area contributed by atoms with Crippen LogP contribution in [0.5, 0.6) is 0 Å². The van der Waals surface area contributed by atoms with Crippen LogP contribution in [0.4, 0.5) is 0 Å². The highest BCUT2D eigenvalue weighted by molar-refractivity contribution is 14.1. The molecule has 1 atom stereocenters. The van der Waals surface area contributed by atoms with E-state index in [1.165, 1.54) is 0 Å². The topological polar surface area (TPSA) is 46.5 Å². The van der Waals surface area contributed by atoms with Crippen molar-refractivity contribution in [1.82, 2.24) is 0 Å². The van der Waals surface area contributed by atoms with E-state index in [-0.39, 0.29) is 6.61 Å². The number of carbonyl (C=O) groups is 1. The minimum Gasteiger partial charge on any atom is -0.464 e. The van der Waals surface area contributed by atoms with Crippen LogP contribution in [0.1, 0.15) is 25.8 Å². The Morgan fingerprint density at radius 1 is 1.38 bits per heavy atom. The van der Waals surface area contributed by atoms with Crippen LogP contribution >= 0.6 is 22.6 Å². The second kappa shape index (κ2) is 5.63. The first-order chi connectivity index (χ1) is 7.54. The summed E-state index contributed by atoms with van der Waals surface area (Å²) < 4.78 is 5.95. The van der Waals surface area contributed by atoms with Gasteiger partial charge in [-0.25, -0.2) is 4.79 Å². The Kier molecular flexibility index (Phi) is 4.73. The van der Waals surface area contributed by atoms with E-state index in [1.54, 1.807) is 26.0 Å². The quantitative estimate of drug-likeness (QED) is 0.680. The summed E-state index contributed by atoms with van der Waals surface area (Å²) in [6.45, 7) is 3.75. The van der Waals surface area contributed by atoms with Gasteiger partial charge in [0.25, 0.3) is 0 Å². The molecule has 1 aromatic carbocycles. The third-order valence-corrected chi connectivity index (χ3v) is 3.17. The molecule has 1 rings (SSSR count). The first-order valence-electron chi connectivity index (χ1n) is 5.20. The van der Waals surface area contributed by atoms with Gasteiger partial charge in [0.2, 0.25) is 0 Å². The number of aliphatic hydroxyl groups is 1. The first-order valence-corrected chi connectivity index (χ1v) is 6.28. The van der Waals surface area contributed by atoms with E-state index in [9.17, 15) is 9.90 Å². The van der Waals surface area contributed by atoms with E-state index in [1.807, 2.05) is 12.1 Å². The zero-order valence-electron chi connectivity index (χ0n) is 9.37. The van der Waals surface area contributed by atoms with Gasteiger partial charge in [0.1, 0.15) is 0 Å². The maximum Gasteiger partial charge on any atom is 0.342 e. The summed E-state index contributed by atoms with van der Waals surface area (Å²) in [5.74, 6) is -0.585. The summed E-state index contributed by atoms with van der Waals surface area (Å²) in [5.41, 5.74) is -0.950. The van der Waals surface area contributed by atoms with Crippen LogP contribution < -0.4 is 0 Å². The van der Waals surface area contributed by atoms with Crippen molar-refractivity contribution >= 4 is 28.6 Å². The van der Waals surface area contributed by atoms with Gasteiger partial charge in [-0.15, -0.1) is 0 Å². The Hall–Kier alpha value is -0.620. The van der Waals surface area contributed by atoms with Gasteiger partial charge >= 0.3 is 5.97 Å². The van der Waals surface area contributed by atoms with Crippen molar-refractivity contribution in [1.29, 1.82) is 0 Å². The zero-order chi connectivity index (χ0) is 12.2. The summed E-state index contributed by atoms with van der Waals surface area (Å²) in [6, 6.07) is 7.22. The smallest absolute Gasteiger partial charge is 0.342 e. The molecule has 0 aliphatic rings. The largest absolute Gasteiger partial charge is 0.464 e. The molecule has 0 aliphatic heterocycles. The van der Waals surface area contributed by atoms with Crippen molar-refractivity contribution in [3.8, 4) is 0 Å². The van der Waals surface area contributed by atoms with Gasteiger partial charge in [0.05, 0.1) is 6.61 Å². The van der Waals surface area contributed by atoms with Crippen LogP contribution in [0, 0.1) is 3.57 Å². The molecule has 4 heteroatoms. The molecule has 88 valence electrons. The van der Waals surface area contributed by atoms with Crippen molar-refractivity contribution in [3.05, 3.63) is 33.4 Å². The van der Waals surface area contributed by atoms with Gasteiger partial charge in [0.15, 0.2) is 5.60 Å². The fourth-order valence-electron chi connectivity index (χ4n) is 1.44. The van der Waals surface area contributed by atoms with E-state index < -0.39 is 11.6 Å². The van der Waals surface area contributed by atoms with Crippen molar-refractivity contribution in [2.75, 3.05) is 6.61 Å². The highest BCUT2D eigenvalue weighted by Crippen LogP contribution is 2.27. The van der Waals surface area contributed by atoms with Crippen molar-refractivity contribution in [3.63, 3.8) is 0 Å². The van der Waals surface area contributed by atoms with Crippen LogP contribution in [0.15, 0.2) is 24.3 Å². The summed E-state index contributed by atoms with van der Waals surface area (Å²) in [6.07, 6.45) is 0.298. The van der Waals surface area contributed by atoms with Gasteiger partial charge in [-0.05, 0) is 53.6 Å². The number of hydrogen-bond acceptors (Lipinski definition) is 3. The van der Waals surface area contributed by atoms with E-state index in [0.29, 0.717) is 12.0 Å². The molecule has 0 bridgehead atoms. The maximum absolute atomic E-state index is 11.7. The lowest BCUT2D eigenvalue weighted by atomic mass is 9.91. The van der Waals surface area contributed by atoms with E-state index in [2.05, 4.69) is 22.6 Å². The first kappa shape index (κ1) is 13.4. The Morgan fingerprint density at radius 3 is 2.38 bits per heavy atom. The molecular formula is C12H15IO3. The Labute approximate surface area is 109 Å². The molecule has 0 spiro atoms. The molecule has 0 heterocycles. The van der Waals surface area contributed by atoms with Crippen LogP contribution in [0.2, 0.25) is 0 Å². The molecule has 0 radical (unpaired) electrons. The molecule has 0 fully saturated rings. The molecule has 0 aromatic heterocycles. The van der Waals surface area contributed by atoms with Gasteiger partial charge in [-0.2, -0.15) is 0 Å². The van der Waals surface area contributed by atoms with E-state index in [4.69, 9.17) is 4.74 Å². The van der Waals surface area contributed by atoms with Crippen LogP contribution in [-0.4, -0.2) is 17.7 Å². The number of rotatable bonds is 4. The zero-order valence-corrected chi connectivity index (χ0v) is 11.5. The molecule has 0 aliphatic carbocycles. The normalized spacial score (nSPS) is 14.2. The minimum atomic E-state index is -1.53. The Balaban J connectivity index is 3.04. The molecule has 0 amide bonds. The lowest BCUT2D eigenvalue weighted by Gasteiger charge is -2.24. The number of esters is 1. The molecule has 0 saturated heterocycles. The maximum atomic E-state index is 11.7. The van der Waals surface area contributed by atoms with Gasteiger partial charge < -0.3 is 9.84 Å². The summed E-state index contributed by atoms with van der Waals surface area (Å²) in [7, 11) is 0. The number of ether oxygens (including phenoxy) is 1. The van der Waals surface area contributed by atoms with Gasteiger partial charge in [-0.1, -0.05) is 19.1 Å². The molecule has 1 aromatic rings. The van der Waals surface area contributed by atoms with E-state index in [0.717, 1.165) is 3.57 Å². The Bertz CT molecular complexity index is 361. The molecule has 3 nitrogen and oxygen atoms in total. The molecular weight excluding hydrogens is 319 g/mol. The average molecular weight is 334 g/mol. The van der Waals surface area contributed by atoms with Crippen LogP contribution in [-0.2, 0) is 15.1 Å². The molecule has 16 heavy (non-hydrogen) atoms. The predicted molar refractivity (Wildman–Crippen MR) is 70.0 cm³/mol. The van der Waals surface area contributed by atoms with Gasteiger partial charge in [-0.3, -0.25) is 0 Å². The second-order valence-corrected chi connectivity index (χ2v) is 4.69. The van der Waals surface area contributed by atoms with Crippen LogP contribution in [0.3, 0.4) is 0 Å². The average Bonchev–Trinajstić information content (AvgIpc) is 2.29. The van der Waals surface area contributed by atoms with E-state index >= 15 is 0 Å². The number of benzene rings is 1. The highest BCUT2D eigenvalue weighted by Gasteiger charge is 2.37. The molecule has 0 saturated carbocycles. The standard InChI is InChI=1S/C12H15IO3/c1-3-12(15,11(14)16-4-2)9-5-7-10(13)8-6-9/h5-8,15H,3-4H2,1-2H3. The highest BCUT2D eigenvalue weighted by atomic mass is 127. The number of carbonyl (C=O) groups excluding carboxylic acids is 1. The van der Waals surface area contributed by atoms with Crippen molar-refractivity contribution in [2.24, 2.45) is 0 Å². The fraction of sp³-hybridized carbons (Fsp3) is 0.417. The molecule has 1 unspecified atom stereocenters. The summed E-state index contributed by atoms with van der Waals surface area (Å²) >= 11 is 2.17. The number of halogens is 1. The third-order valence-electron chi connectivity index (χ3n) is 2.45. The summed E-state index contributed by atoms with van der Waals surface area (Å²) in [5, 5.41) is 10.3. The lowest BCUT2D eigenvalue weighted by molar-refractivity contribution is -0.166. The lowest BCUT2D eigenvalue weighted by Crippen LogP contribution is -2.36. The van der Waals surface area contributed by atoms with Crippen LogP contribution in [0.25, 0.3) is 0 Å². The SMILES string of the molecule is CCOC(=O)C(O)(CC)c1ccc(I)cc1. The monoisotopic (exact) mass is 334 g/mol. The second-order valence-electron chi connectivity index (χ2n) is 3.44.